The van der Waals surface area contributed by atoms with Crippen LogP contribution in [0.2, 0.25) is 0 Å². The maximum Gasteiger partial charge on any atom is 0.222 e. The molecule has 0 aromatic rings. The Morgan fingerprint density at radius 2 is 2.24 bits per heavy atom. The standard InChI is InChI=1S/C13H26N2O2/c1-2-15(10-12-7-9-17-11-12)13(16)6-4-3-5-8-14/h12H,2-11,14H2,1H3. The van der Waals surface area contributed by atoms with Crippen LogP contribution < -0.4 is 5.73 Å². The third-order valence-electron chi connectivity index (χ3n) is 3.33. The molecule has 100 valence electrons. The first kappa shape index (κ1) is 14.5. The average Bonchev–Trinajstić information content (AvgIpc) is 2.84. The van der Waals surface area contributed by atoms with Crippen molar-refractivity contribution in [3.8, 4) is 0 Å². The summed E-state index contributed by atoms with van der Waals surface area (Å²) in [6.07, 6.45) is 4.81. The van der Waals surface area contributed by atoms with Crippen molar-refractivity contribution >= 4 is 5.91 Å². The van der Waals surface area contributed by atoms with Crippen LogP contribution in [0.1, 0.15) is 39.0 Å². The number of rotatable bonds is 8. The number of unbranched alkanes of at least 4 members (excludes halogenated alkanes) is 2. The molecule has 1 atom stereocenters. The van der Waals surface area contributed by atoms with Gasteiger partial charge in [-0.25, -0.2) is 0 Å². The van der Waals surface area contributed by atoms with E-state index in [0.717, 1.165) is 58.5 Å². The Bertz CT molecular complexity index is 215. The molecule has 0 bridgehead atoms. The van der Waals surface area contributed by atoms with Crippen LogP contribution in [0.4, 0.5) is 0 Å². The fourth-order valence-electron chi connectivity index (χ4n) is 2.20. The number of carbonyl (C=O) groups excluding carboxylic acids is 1. The fraction of sp³-hybridized carbons (Fsp3) is 0.923. The third kappa shape index (κ3) is 5.50. The molecule has 0 radical (unpaired) electrons. The molecule has 0 aliphatic carbocycles. The van der Waals surface area contributed by atoms with Gasteiger partial charge in [-0.1, -0.05) is 6.42 Å². The van der Waals surface area contributed by atoms with Gasteiger partial charge in [0, 0.05) is 32.0 Å². The minimum Gasteiger partial charge on any atom is -0.381 e. The van der Waals surface area contributed by atoms with E-state index in [2.05, 4.69) is 0 Å². The zero-order valence-corrected chi connectivity index (χ0v) is 11.0. The lowest BCUT2D eigenvalue weighted by Gasteiger charge is -2.23. The Balaban J connectivity index is 2.20. The molecule has 1 aliphatic rings. The van der Waals surface area contributed by atoms with Crippen LogP contribution in [0.3, 0.4) is 0 Å². The van der Waals surface area contributed by atoms with Crippen molar-refractivity contribution in [3.05, 3.63) is 0 Å². The minimum absolute atomic E-state index is 0.288. The normalized spacial score (nSPS) is 19.5. The van der Waals surface area contributed by atoms with Crippen LogP contribution in [-0.4, -0.2) is 43.7 Å². The second kappa shape index (κ2) is 8.48. The van der Waals surface area contributed by atoms with Gasteiger partial charge in [0.1, 0.15) is 0 Å². The summed E-state index contributed by atoms with van der Waals surface area (Å²) in [5.41, 5.74) is 5.43. The quantitative estimate of drug-likeness (QED) is 0.654. The molecule has 1 saturated heterocycles. The van der Waals surface area contributed by atoms with Gasteiger partial charge in [-0.05, 0) is 32.7 Å². The maximum atomic E-state index is 12.0. The van der Waals surface area contributed by atoms with Gasteiger partial charge in [-0.15, -0.1) is 0 Å². The lowest BCUT2D eigenvalue weighted by Crippen LogP contribution is -2.35. The molecular weight excluding hydrogens is 216 g/mol. The van der Waals surface area contributed by atoms with Crippen molar-refractivity contribution in [1.29, 1.82) is 0 Å². The highest BCUT2D eigenvalue weighted by Crippen LogP contribution is 2.15. The van der Waals surface area contributed by atoms with Crippen LogP contribution in [-0.2, 0) is 9.53 Å². The van der Waals surface area contributed by atoms with E-state index in [9.17, 15) is 4.79 Å². The van der Waals surface area contributed by atoms with Gasteiger partial charge in [0.2, 0.25) is 5.91 Å². The van der Waals surface area contributed by atoms with E-state index in [1.54, 1.807) is 0 Å². The molecule has 1 rings (SSSR count). The van der Waals surface area contributed by atoms with E-state index in [-0.39, 0.29) is 5.91 Å². The first-order valence-electron chi connectivity index (χ1n) is 6.83. The van der Waals surface area contributed by atoms with Crippen LogP contribution in [0.25, 0.3) is 0 Å². The largest absolute Gasteiger partial charge is 0.381 e. The molecule has 1 amide bonds. The van der Waals surface area contributed by atoms with Gasteiger partial charge in [0.15, 0.2) is 0 Å². The molecule has 4 nitrogen and oxygen atoms in total. The number of nitrogens with two attached hydrogens (primary N) is 1. The van der Waals surface area contributed by atoms with Crippen molar-refractivity contribution in [1.82, 2.24) is 4.90 Å². The molecule has 1 fully saturated rings. The zero-order chi connectivity index (χ0) is 12.5. The highest BCUT2D eigenvalue weighted by molar-refractivity contribution is 5.76. The molecule has 4 heteroatoms. The van der Waals surface area contributed by atoms with E-state index < -0.39 is 0 Å². The van der Waals surface area contributed by atoms with Crippen molar-refractivity contribution in [3.63, 3.8) is 0 Å². The van der Waals surface area contributed by atoms with E-state index in [1.807, 2.05) is 11.8 Å². The second-order valence-electron chi connectivity index (χ2n) is 4.76. The number of nitrogens with zero attached hydrogens (tertiary/aromatic N) is 1. The molecule has 1 unspecified atom stereocenters. The minimum atomic E-state index is 0.288. The predicted octanol–water partition coefficient (Wildman–Crippen LogP) is 1.39. The Labute approximate surface area is 104 Å². The number of ether oxygens (including phenoxy) is 1. The Morgan fingerprint density at radius 1 is 1.41 bits per heavy atom. The van der Waals surface area contributed by atoms with Crippen molar-refractivity contribution < 1.29 is 9.53 Å². The van der Waals surface area contributed by atoms with Crippen molar-refractivity contribution in [2.45, 2.75) is 39.0 Å². The van der Waals surface area contributed by atoms with Crippen molar-refractivity contribution in [2.75, 3.05) is 32.8 Å². The van der Waals surface area contributed by atoms with Crippen molar-refractivity contribution in [2.24, 2.45) is 11.7 Å². The summed E-state index contributed by atoms with van der Waals surface area (Å²) in [6.45, 7) is 6.13. The highest BCUT2D eigenvalue weighted by Gasteiger charge is 2.20. The first-order valence-corrected chi connectivity index (χ1v) is 6.83. The monoisotopic (exact) mass is 242 g/mol. The molecule has 1 aliphatic heterocycles. The Morgan fingerprint density at radius 3 is 2.82 bits per heavy atom. The second-order valence-corrected chi connectivity index (χ2v) is 4.76. The average molecular weight is 242 g/mol. The molecule has 0 aromatic heterocycles. The van der Waals surface area contributed by atoms with E-state index in [1.165, 1.54) is 0 Å². The third-order valence-corrected chi connectivity index (χ3v) is 3.33. The van der Waals surface area contributed by atoms with Gasteiger partial charge < -0.3 is 15.4 Å². The highest BCUT2D eigenvalue weighted by atomic mass is 16.5. The lowest BCUT2D eigenvalue weighted by atomic mass is 10.1. The molecule has 0 spiro atoms. The molecule has 0 aromatic carbocycles. The van der Waals surface area contributed by atoms with E-state index >= 15 is 0 Å². The van der Waals surface area contributed by atoms with Crippen LogP contribution in [0.15, 0.2) is 0 Å². The Kier molecular flexibility index (Phi) is 7.21. The summed E-state index contributed by atoms with van der Waals surface area (Å²) in [7, 11) is 0. The Hall–Kier alpha value is -0.610. The molecular formula is C13H26N2O2. The number of amides is 1. The van der Waals surface area contributed by atoms with Gasteiger partial charge in [0.25, 0.3) is 0 Å². The number of carbonyl (C=O) groups is 1. The van der Waals surface area contributed by atoms with E-state index in [4.69, 9.17) is 10.5 Å². The fourth-order valence-corrected chi connectivity index (χ4v) is 2.20. The van der Waals surface area contributed by atoms with Gasteiger partial charge in [-0.3, -0.25) is 4.79 Å². The van der Waals surface area contributed by atoms with Crippen LogP contribution in [0, 0.1) is 5.92 Å². The maximum absolute atomic E-state index is 12.0. The summed E-state index contributed by atoms with van der Waals surface area (Å²) < 4.78 is 5.34. The predicted molar refractivity (Wildman–Crippen MR) is 68.7 cm³/mol. The molecule has 0 saturated carbocycles. The van der Waals surface area contributed by atoms with Crippen LogP contribution >= 0.6 is 0 Å². The first-order chi connectivity index (χ1) is 8.27. The van der Waals surface area contributed by atoms with Gasteiger partial charge >= 0.3 is 0 Å². The van der Waals surface area contributed by atoms with Gasteiger partial charge in [0.05, 0.1) is 6.61 Å². The number of hydrogen-bond acceptors (Lipinski definition) is 3. The molecule has 17 heavy (non-hydrogen) atoms. The molecule has 1 heterocycles. The summed E-state index contributed by atoms with van der Waals surface area (Å²) in [5, 5.41) is 0. The SMILES string of the molecule is CCN(CC1CCOC1)C(=O)CCCCCN. The molecule has 2 N–H and O–H groups in total. The zero-order valence-electron chi connectivity index (χ0n) is 11.0. The van der Waals surface area contributed by atoms with E-state index in [0.29, 0.717) is 12.3 Å². The van der Waals surface area contributed by atoms with Crippen LogP contribution in [0.5, 0.6) is 0 Å². The lowest BCUT2D eigenvalue weighted by molar-refractivity contribution is -0.131. The smallest absolute Gasteiger partial charge is 0.222 e. The summed E-state index contributed by atoms with van der Waals surface area (Å²) in [6, 6.07) is 0. The number of hydrogen-bond donors (Lipinski definition) is 1. The summed E-state index contributed by atoms with van der Waals surface area (Å²) in [4.78, 5) is 14.0. The topological polar surface area (TPSA) is 55.6 Å². The summed E-state index contributed by atoms with van der Waals surface area (Å²) >= 11 is 0. The van der Waals surface area contributed by atoms with Gasteiger partial charge in [-0.2, -0.15) is 0 Å². The summed E-state index contributed by atoms with van der Waals surface area (Å²) in [5.74, 6) is 0.833.